The molecule has 0 bridgehead atoms. The number of rotatable bonds is 6. The molecule has 134 valence electrons. The lowest BCUT2D eigenvalue weighted by atomic mass is 9.97. The highest BCUT2D eigenvalue weighted by Crippen LogP contribution is 2.26. The fourth-order valence-corrected chi connectivity index (χ4v) is 3.62. The summed E-state index contributed by atoms with van der Waals surface area (Å²) in [7, 11) is -3.92. The topological polar surface area (TPSA) is 70.4 Å². The Morgan fingerprint density at radius 2 is 1.71 bits per heavy atom. The Morgan fingerprint density at radius 1 is 1.17 bits per heavy atom. The van der Waals surface area contributed by atoms with Crippen LogP contribution in [0.1, 0.15) is 27.2 Å². The highest BCUT2D eigenvalue weighted by atomic mass is 32.2. The number of alkyl halides is 3. The van der Waals surface area contributed by atoms with Crippen molar-refractivity contribution in [1.82, 2.24) is 4.31 Å². The van der Waals surface area contributed by atoms with Crippen LogP contribution in [0.4, 0.5) is 13.2 Å². The molecule has 9 heteroatoms. The molecule has 0 spiro atoms. The van der Waals surface area contributed by atoms with Gasteiger partial charge in [0.15, 0.2) is 0 Å². The molecule has 0 radical (unpaired) electrons. The SMILES string of the molecule is CC(C)(C)CN(CCC#N)S(=O)(=O)c1ccc(OC(F)(F)F)cc1. The summed E-state index contributed by atoms with van der Waals surface area (Å²) in [6.07, 6.45) is -4.82. The van der Waals surface area contributed by atoms with Gasteiger partial charge in [-0.2, -0.15) is 9.57 Å². The molecule has 0 aliphatic carbocycles. The van der Waals surface area contributed by atoms with Crippen LogP contribution in [0, 0.1) is 16.7 Å². The minimum Gasteiger partial charge on any atom is -0.406 e. The molecule has 0 amide bonds. The predicted octanol–water partition coefficient (Wildman–Crippen LogP) is 3.54. The van der Waals surface area contributed by atoms with Gasteiger partial charge in [-0.05, 0) is 29.7 Å². The van der Waals surface area contributed by atoms with Crippen LogP contribution < -0.4 is 4.74 Å². The first kappa shape index (κ1) is 20.3. The van der Waals surface area contributed by atoms with Gasteiger partial charge in [0.1, 0.15) is 5.75 Å². The van der Waals surface area contributed by atoms with E-state index < -0.39 is 22.1 Å². The van der Waals surface area contributed by atoms with E-state index in [9.17, 15) is 21.6 Å². The monoisotopic (exact) mass is 364 g/mol. The zero-order valence-electron chi connectivity index (χ0n) is 13.6. The lowest BCUT2D eigenvalue weighted by molar-refractivity contribution is -0.274. The quantitative estimate of drug-likeness (QED) is 0.774. The smallest absolute Gasteiger partial charge is 0.406 e. The van der Waals surface area contributed by atoms with Crippen molar-refractivity contribution in [3.63, 3.8) is 0 Å². The summed E-state index contributed by atoms with van der Waals surface area (Å²) >= 11 is 0. The van der Waals surface area contributed by atoms with E-state index in [-0.39, 0.29) is 29.8 Å². The van der Waals surface area contributed by atoms with Gasteiger partial charge >= 0.3 is 6.36 Å². The molecular formula is C15H19F3N2O3S. The molecule has 0 N–H and O–H groups in total. The summed E-state index contributed by atoms with van der Waals surface area (Å²) in [6, 6.07) is 5.89. The molecule has 5 nitrogen and oxygen atoms in total. The van der Waals surface area contributed by atoms with Crippen LogP contribution >= 0.6 is 0 Å². The van der Waals surface area contributed by atoms with E-state index in [1.54, 1.807) is 0 Å². The van der Waals surface area contributed by atoms with Crippen LogP contribution in [-0.2, 0) is 10.0 Å². The summed E-state index contributed by atoms with van der Waals surface area (Å²) in [5, 5.41) is 8.70. The molecular weight excluding hydrogens is 345 g/mol. The third-order valence-corrected chi connectivity index (χ3v) is 4.68. The molecule has 0 aromatic heterocycles. The van der Waals surface area contributed by atoms with Gasteiger partial charge in [0.2, 0.25) is 10.0 Å². The minimum absolute atomic E-state index is 0.0108. The van der Waals surface area contributed by atoms with E-state index in [0.29, 0.717) is 0 Å². The molecule has 0 heterocycles. The molecule has 1 aromatic rings. The van der Waals surface area contributed by atoms with Crippen molar-refractivity contribution in [1.29, 1.82) is 5.26 Å². The minimum atomic E-state index is -4.84. The lowest BCUT2D eigenvalue weighted by Gasteiger charge is -2.28. The largest absolute Gasteiger partial charge is 0.573 e. The van der Waals surface area contributed by atoms with Crippen LogP contribution in [0.2, 0.25) is 0 Å². The van der Waals surface area contributed by atoms with Gasteiger partial charge < -0.3 is 4.74 Å². The summed E-state index contributed by atoms with van der Waals surface area (Å²) in [5.74, 6) is -0.499. The van der Waals surface area contributed by atoms with Gasteiger partial charge in [0, 0.05) is 19.5 Å². The average molecular weight is 364 g/mol. The predicted molar refractivity (Wildman–Crippen MR) is 81.6 cm³/mol. The summed E-state index contributed by atoms with van der Waals surface area (Å²) in [5.41, 5.74) is -0.345. The van der Waals surface area contributed by atoms with Gasteiger partial charge in [0.05, 0.1) is 11.0 Å². The number of ether oxygens (including phenoxy) is 1. The third kappa shape index (κ3) is 6.37. The Hall–Kier alpha value is -1.79. The molecule has 0 aliphatic rings. The van der Waals surface area contributed by atoms with E-state index in [2.05, 4.69) is 4.74 Å². The van der Waals surface area contributed by atoms with Crippen LogP contribution in [-0.4, -0.2) is 32.2 Å². The van der Waals surface area contributed by atoms with Crippen molar-refractivity contribution >= 4 is 10.0 Å². The molecule has 0 aliphatic heterocycles. The van der Waals surface area contributed by atoms with Crippen molar-refractivity contribution < 1.29 is 26.3 Å². The fraction of sp³-hybridized carbons (Fsp3) is 0.533. The average Bonchev–Trinajstić information content (AvgIpc) is 2.41. The maximum absolute atomic E-state index is 12.7. The molecule has 24 heavy (non-hydrogen) atoms. The summed E-state index contributed by atoms with van der Waals surface area (Å²) < 4.78 is 66.7. The maximum atomic E-state index is 12.7. The van der Waals surface area contributed by atoms with Crippen molar-refractivity contribution in [3.05, 3.63) is 24.3 Å². The van der Waals surface area contributed by atoms with E-state index in [4.69, 9.17) is 5.26 Å². The van der Waals surface area contributed by atoms with Crippen molar-refractivity contribution in [3.8, 4) is 11.8 Å². The van der Waals surface area contributed by atoms with Gasteiger partial charge in [-0.25, -0.2) is 8.42 Å². The Morgan fingerprint density at radius 3 is 2.12 bits per heavy atom. The lowest BCUT2D eigenvalue weighted by Crippen LogP contribution is -2.38. The summed E-state index contributed by atoms with van der Waals surface area (Å²) in [6.45, 7) is 5.74. The second kappa shape index (κ2) is 7.40. The molecule has 1 rings (SSSR count). The highest BCUT2D eigenvalue weighted by Gasteiger charge is 2.32. The Balaban J connectivity index is 3.08. The number of halogens is 3. The van der Waals surface area contributed by atoms with E-state index in [1.807, 2.05) is 26.8 Å². The first-order valence-corrected chi connectivity index (χ1v) is 8.52. The number of sulfonamides is 1. The molecule has 0 saturated heterocycles. The number of nitriles is 1. The maximum Gasteiger partial charge on any atom is 0.573 e. The second-order valence-electron chi connectivity index (χ2n) is 6.33. The van der Waals surface area contributed by atoms with Crippen molar-refractivity contribution in [2.45, 2.75) is 38.4 Å². The fourth-order valence-electron chi connectivity index (χ4n) is 1.95. The number of hydrogen-bond acceptors (Lipinski definition) is 4. The molecule has 0 fully saturated rings. The third-order valence-electron chi connectivity index (χ3n) is 2.82. The van der Waals surface area contributed by atoms with Crippen LogP contribution in [0.15, 0.2) is 29.2 Å². The van der Waals surface area contributed by atoms with Gasteiger partial charge in [-0.3, -0.25) is 0 Å². The van der Waals surface area contributed by atoms with Crippen molar-refractivity contribution in [2.24, 2.45) is 5.41 Å². The van der Waals surface area contributed by atoms with E-state index in [1.165, 1.54) is 0 Å². The number of hydrogen-bond donors (Lipinski definition) is 0. The zero-order valence-corrected chi connectivity index (χ0v) is 14.4. The summed E-state index contributed by atoms with van der Waals surface area (Å²) in [4.78, 5) is -0.154. The van der Waals surface area contributed by atoms with Gasteiger partial charge in [0.25, 0.3) is 0 Å². The normalized spacial score (nSPS) is 12.9. The van der Waals surface area contributed by atoms with E-state index >= 15 is 0 Å². The highest BCUT2D eigenvalue weighted by molar-refractivity contribution is 7.89. The standard InChI is InChI=1S/C15H19F3N2O3S/c1-14(2,3)11-20(10-4-9-19)24(21,22)13-7-5-12(6-8-13)23-15(16,17)18/h5-8H,4,10-11H2,1-3H3. The first-order valence-electron chi connectivity index (χ1n) is 7.08. The molecule has 0 unspecified atom stereocenters. The first-order chi connectivity index (χ1) is 10.8. The Bertz CT molecular complexity index is 687. The van der Waals surface area contributed by atoms with E-state index in [0.717, 1.165) is 28.6 Å². The van der Waals surface area contributed by atoms with Crippen LogP contribution in [0.25, 0.3) is 0 Å². The van der Waals surface area contributed by atoms with Crippen LogP contribution in [0.5, 0.6) is 5.75 Å². The molecule has 0 saturated carbocycles. The Labute approximate surface area is 139 Å². The molecule has 1 aromatic carbocycles. The molecule has 0 atom stereocenters. The van der Waals surface area contributed by atoms with Gasteiger partial charge in [-0.15, -0.1) is 13.2 Å². The second-order valence-corrected chi connectivity index (χ2v) is 8.26. The van der Waals surface area contributed by atoms with Gasteiger partial charge in [-0.1, -0.05) is 20.8 Å². The number of benzene rings is 1. The van der Waals surface area contributed by atoms with Crippen molar-refractivity contribution in [2.75, 3.05) is 13.1 Å². The van der Waals surface area contributed by atoms with Crippen LogP contribution in [0.3, 0.4) is 0 Å². The zero-order chi connectivity index (χ0) is 18.6. The number of nitrogens with zero attached hydrogens (tertiary/aromatic N) is 2. The Kier molecular flexibility index (Phi) is 6.25.